The second kappa shape index (κ2) is 12.0. The molecular formula is C29H35ClO6SSi. The Morgan fingerprint density at radius 2 is 1.45 bits per heavy atom. The molecule has 0 aromatic heterocycles. The van der Waals surface area contributed by atoms with E-state index in [1.165, 1.54) is 34.6 Å². The average Bonchev–Trinajstić information content (AvgIpc) is 2.91. The lowest BCUT2D eigenvalue weighted by Gasteiger charge is -2.47. The van der Waals surface area contributed by atoms with Crippen molar-refractivity contribution in [1.29, 1.82) is 0 Å². The summed E-state index contributed by atoms with van der Waals surface area (Å²) in [6, 6.07) is 26.7. The van der Waals surface area contributed by atoms with Gasteiger partial charge in [0.1, 0.15) is 0 Å². The minimum atomic E-state index is -3.97. The predicted octanol–water partition coefficient (Wildman–Crippen LogP) is 5.14. The van der Waals surface area contributed by atoms with Gasteiger partial charge in [-0.05, 0) is 39.7 Å². The van der Waals surface area contributed by atoms with Gasteiger partial charge in [0, 0.05) is 25.0 Å². The van der Waals surface area contributed by atoms with Gasteiger partial charge in [0.05, 0.1) is 23.7 Å². The van der Waals surface area contributed by atoms with Crippen LogP contribution in [-0.4, -0.2) is 48.9 Å². The normalized spacial score (nSPS) is 20.8. The molecule has 1 saturated heterocycles. The van der Waals surface area contributed by atoms with Crippen molar-refractivity contribution in [1.82, 2.24) is 0 Å². The predicted molar refractivity (Wildman–Crippen MR) is 152 cm³/mol. The fourth-order valence-corrected chi connectivity index (χ4v) is 10.8. The second-order valence-electron chi connectivity index (χ2n) is 10.5. The van der Waals surface area contributed by atoms with Crippen LogP contribution in [0, 0.1) is 0 Å². The second-order valence-corrected chi connectivity index (χ2v) is 16.8. The Morgan fingerprint density at radius 1 is 0.895 bits per heavy atom. The van der Waals surface area contributed by atoms with Crippen LogP contribution in [-0.2, 0) is 28.2 Å². The van der Waals surface area contributed by atoms with Gasteiger partial charge in [-0.3, -0.25) is 4.18 Å². The SMILES string of the molecule is CO[C@H]1C[C@H](O[Si](c2ccccc2)(c2ccccc2)C(C)(C)C)C[C@@H](COS(=O)(=O)c2ccc(Cl)cc2)O1. The van der Waals surface area contributed by atoms with Crippen LogP contribution in [0.1, 0.15) is 33.6 Å². The minimum absolute atomic E-state index is 0.0427. The number of halogens is 1. The topological polar surface area (TPSA) is 71.1 Å². The van der Waals surface area contributed by atoms with Crippen LogP contribution in [0.25, 0.3) is 0 Å². The van der Waals surface area contributed by atoms with Gasteiger partial charge >= 0.3 is 0 Å². The van der Waals surface area contributed by atoms with E-state index in [2.05, 4.69) is 69.3 Å². The van der Waals surface area contributed by atoms with Gasteiger partial charge in [0.25, 0.3) is 18.4 Å². The first-order valence-corrected chi connectivity index (χ1v) is 16.4. The Bertz CT molecular complexity index is 1240. The molecule has 0 aliphatic carbocycles. The highest BCUT2D eigenvalue weighted by Gasteiger charge is 2.52. The summed E-state index contributed by atoms with van der Waals surface area (Å²) in [7, 11) is -5.20. The van der Waals surface area contributed by atoms with E-state index < -0.39 is 30.8 Å². The summed E-state index contributed by atoms with van der Waals surface area (Å²) in [4.78, 5) is 0.0427. The molecule has 0 unspecified atom stereocenters. The highest BCUT2D eigenvalue weighted by Crippen LogP contribution is 2.39. The molecule has 1 fully saturated rings. The molecule has 38 heavy (non-hydrogen) atoms. The molecule has 1 heterocycles. The number of methoxy groups -OCH3 is 1. The summed E-state index contributed by atoms with van der Waals surface area (Å²) in [5, 5.41) is 2.61. The Balaban J connectivity index is 1.62. The molecule has 1 aliphatic rings. The fourth-order valence-electron chi connectivity index (χ4n) is 5.06. The summed E-state index contributed by atoms with van der Waals surface area (Å²) >= 11 is 5.90. The van der Waals surface area contributed by atoms with Crippen LogP contribution in [0.15, 0.2) is 89.8 Å². The number of hydrogen-bond acceptors (Lipinski definition) is 6. The van der Waals surface area contributed by atoms with Crippen molar-refractivity contribution in [2.45, 2.75) is 62.0 Å². The van der Waals surface area contributed by atoms with Crippen LogP contribution in [0.2, 0.25) is 10.1 Å². The molecule has 6 nitrogen and oxygen atoms in total. The highest BCUT2D eigenvalue weighted by molar-refractivity contribution is 7.86. The smallest absolute Gasteiger partial charge is 0.297 e. The van der Waals surface area contributed by atoms with Crippen molar-refractivity contribution in [3.63, 3.8) is 0 Å². The quantitative estimate of drug-likeness (QED) is 0.260. The molecule has 0 radical (unpaired) electrons. The van der Waals surface area contributed by atoms with Gasteiger partial charge in [-0.1, -0.05) is 93.0 Å². The van der Waals surface area contributed by atoms with E-state index >= 15 is 0 Å². The zero-order chi connectivity index (χ0) is 27.4. The maximum atomic E-state index is 12.8. The number of ether oxygens (including phenoxy) is 2. The van der Waals surface area contributed by atoms with Crippen molar-refractivity contribution in [3.8, 4) is 0 Å². The van der Waals surface area contributed by atoms with Crippen molar-refractivity contribution in [2.75, 3.05) is 13.7 Å². The summed E-state index contributed by atoms with van der Waals surface area (Å²) in [6.07, 6.45) is -0.299. The molecule has 4 rings (SSSR count). The average molecular weight is 575 g/mol. The van der Waals surface area contributed by atoms with Gasteiger partial charge in [0.15, 0.2) is 6.29 Å². The zero-order valence-electron chi connectivity index (χ0n) is 22.2. The van der Waals surface area contributed by atoms with Crippen molar-refractivity contribution >= 4 is 40.4 Å². The standard InChI is InChI=1S/C29H35ClO6SSi/c1-29(2,3)38(26-11-7-5-8-12-26,27-13-9-6-10-14-27)36-23-19-24(35-28(20-23)33-4)21-34-37(31,32)25-17-15-22(30)16-18-25/h5-18,23-24,28H,19-21H2,1-4H3/t23-,24+,28-/m1/s1. The largest absolute Gasteiger partial charge is 0.404 e. The summed E-state index contributed by atoms with van der Waals surface area (Å²) in [5.41, 5.74) is 0. The zero-order valence-corrected chi connectivity index (χ0v) is 24.7. The molecular weight excluding hydrogens is 540 g/mol. The summed E-state index contributed by atoms with van der Waals surface area (Å²) in [6.45, 7) is 6.54. The molecule has 9 heteroatoms. The van der Waals surface area contributed by atoms with E-state index in [4.69, 9.17) is 29.7 Å². The van der Waals surface area contributed by atoms with Crippen LogP contribution >= 0.6 is 11.6 Å². The highest BCUT2D eigenvalue weighted by atomic mass is 35.5. The maximum absolute atomic E-state index is 12.8. The van der Waals surface area contributed by atoms with Crippen LogP contribution in [0.5, 0.6) is 0 Å². The van der Waals surface area contributed by atoms with E-state index in [1.54, 1.807) is 7.11 Å². The molecule has 3 aromatic carbocycles. The Kier molecular flexibility index (Phi) is 9.14. The van der Waals surface area contributed by atoms with Crippen LogP contribution in [0.4, 0.5) is 0 Å². The van der Waals surface area contributed by atoms with Gasteiger partial charge in [0.2, 0.25) is 0 Å². The third-order valence-corrected chi connectivity index (χ3v) is 13.5. The lowest BCUT2D eigenvalue weighted by atomic mass is 10.1. The summed E-state index contributed by atoms with van der Waals surface area (Å²) in [5.74, 6) is 0. The minimum Gasteiger partial charge on any atom is -0.404 e. The molecule has 0 bridgehead atoms. The molecule has 3 atom stereocenters. The third-order valence-electron chi connectivity index (χ3n) is 6.86. The number of benzene rings is 3. The van der Waals surface area contributed by atoms with Crippen LogP contribution in [0.3, 0.4) is 0 Å². The lowest BCUT2D eigenvalue weighted by Crippen LogP contribution is -2.68. The molecule has 0 saturated carbocycles. The van der Waals surface area contributed by atoms with Crippen molar-refractivity contribution < 1.29 is 26.5 Å². The first kappa shape index (κ1) is 29.0. The monoisotopic (exact) mass is 574 g/mol. The van der Waals surface area contributed by atoms with E-state index in [1.807, 2.05) is 12.1 Å². The van der Waals surface area contributed by atoms with Gasteiger partial charge in [-0.25, -0.2) is 0 Å². The number of rotatable bonds is 9. The van der Waals surface area contributed by atoms with E-state index in [9.17, 15) is 8.42 Å². The summed E-state index contributed by atoms with van der Waals surface area (Å²) < 4.78 is 49.8. The van der Waals surface area contributed by atoms with E-state index in [0.717, 1.165) is 0 Å². The van der Waals surface area contributed by atoms with E-state index in [0.29, 0.717) is 17.9 Å². The fraction of sp³-hybridized carbons (Fsp3) is 0.379. The van der Waals surface area contributed by atoms with E-state index in [-0.39, 0.29) is 22.6 Å². The van der Waals surface area contributed by atoms with Crippen molar-refractivity contribution in [2.24, 2.45) is 0 Å². The Hall–Kier alpha value is -2.04. The molecule has 0 amide bonds. The Labute approximate surface area is 232 Å². The lowest BCUT2D eigenvalue weighted by molar-refractivity contribution is -0.206. The number of hydrogen-bond donors (Lipinski definition) is 0. The molecule has 1 aliphatic heterocycles. The third kappa shape index (κ3) is 6.39. The molecule has 0 N–H and O–H groups in total. The maximum Gasteiger partial charge on any atom is 0.297 e. The van der Waals surface area contributed by atoms with Crippen LogP contribution < -0.4 is 10.4 Å². The molecule has 204 valence electrons. The van der Waals surface area contributed by atoms with Gasteiger partial charge in [-0.15, -0.1) is 0 Å². The molecule has 3 aromatic rings. The van der Waals surface area contributed by atoms with Gasteiger partial charge in [-0.2, -0.15) is 8.42 Å². The molecule has 0 spiro atoms. The Morgan fingerprint density at radius 3 is 1.95 bits per heavy atom. The van der Waals surface area contributed by atoms with Crippen molar-refractivity contribution in [3.05, 3.63) is 90.0 Å². The first-order valence-electron chi connectivity index (χ1n) is 12.7. The first-order chi connectivity index (χ1) is 18.0. The van der Waals surface area contributed by atoms with Gasteiger partial charge < -0.3 is 13.9 Å².